The van der Waals surface area contributed by atoms with Crippen LogP contribution in [0.25, 0.3) is 0 Å². The zero-order valence-corrected chi connectivity index (χ0v) is 16.3. The number of aliphatic hydroxyl groups excluding tert-OH is 1. The summed E-state index contributed by atoms with van der Waals surface area (Å²) >= 11 is 1.39. The molecule has 4 atom stereocenters. The second-order valence-electron chi connectivity index (χ2n) is 7.43. The molecule has 0 radical (unpaired) electrons. The Morgan fingerprint density at radius 1 is 1.32 bits per heavy atom. The second-order valence-corrected chi connectivity index (χ2v) is 8.61. The Hall–Kier alpha value is -1.26. The van der Waals surface area contributed by atoms with Crippen molar-refractivity contribution in [1.82, 2.24) is 0 Å². The molecule has 0 aliphatic heterocycles. The Morgan fingerprint density at radius 2 is 2.00 bits per heavy atom. The highest BCUT2D eigenvalue weighted by molar-refractivity contribution is 8.00. The molecule has 1 aromatic rings. The minimum atomic E-state index is -0.572. The van der Waals surface area contributed by atoms with Crippen molar-refractivity contribution in [3.05, 3.63) is 42.5 Å². The largest absolute Gasteiger partial charge is 0.461 e. The van der Waals surface area contributed by atoms with Crippen LogP contribution in [0, 0.1) is 17.8 Å². The van der Waals surface area contributed by atoms with Crippen molar-refractivity contribution in [2.45, 2.75) is 56.3 Å². The Bertz CT molecular complexity index is 570. The van der Waals surface area contributed by atoms with Gasteiger partial charge in [0, 0.05) is 4.90 Å². The zero-order valence-electron chi connectivity index (χ0n) is 15.5. The molecule has 1 aliphatic rings. The molecule has 25 heavy (non-hydrogen) atoms. The second kappa shape index (κ2) is 9.44. The van der Waals surface area contributed by atoms with Gasteiger partial charge in [-0.25, -0.2) is 0 Å². The molecule has 0 bridgehead atoms. The third kappa shape index (κ3) is 5.61. The number of aliphatic hydroxyl groups is 1. The van der Waals surface area contributed by atoms with Crippen molar-refractivity contribution in [2.75, 3.05) is 6.61 Å². The molecule has 0 spiro atoms. The summed E-state index contributed by atoms with van der Waals surface area (Å²) in [6.45, 7) is 10.3. The molecule has 0 heterocycles. The van der Waals surface area contributed by atoms with E-state index in [9.17, 15) is 9.90 Å². The number of rotatable bonds is 7. The molecule has 2 rings (SSSR count). The first-order valence-electron chi connectivity index (χ1n) is 9.13. The summed E-state index contributed by atoms with van der Waals surface area (Å²) in [7, 11) is 0. The standard InChI is InChI=1S/C21H30O3S/c1-14(2)18-11-10-15(3)12-19(18)24-21(23)20(16(4)13-22)25-17-8-6-5-7-9-17/h5-9,14-15,18-20,22H,4,10-13H2,1-3H3/t15-,18+,19-,20?/m1/s1. The van der Waals surface area contributed by atoms with Gasteiger partial charge in [-0.2, -0.15) is 0 Å². The molecule has 0 aromatic heterocycles. The lowest BCUT2D eigenvalue weighted by molar-refractivity contribution is -0.154. The van der Waals surface area contributed by atoms with Crippen molar-refractivity contribution in [1.29, 1.82) is 0 Å². The number of hydrogen-bond donors (Lipinski definition) is 1. The predicted octanol–water partition coefficient (Wildman–Crippen LogP) is 4.70. The monoisotopic (exact) mass is 362 g/mol. The Balaban J connectivity index is 2.11. The summed E-state index contributed by atoms with van der Waals surface area (Å²) in [5.41, 5.74) is 0.490. The lowest BCUT2D eigenvalue weighted by Crippen LogP contribution is -2.38. The first-order valence-corrected chi connectivity index (χ1v) is 10.0. The SMILES string of the molecule is C=C(CO)C(Sc1ccccc1)C(=O)O[C@@H]1C[C@H](C)CC[C@H]1C(C)C. The quantitative estimate of drug-likeness (QED) is 0.434. The van der Waals surface area contributed by atoms with Crippen LogP contribution >= 0.6 is 11.8 Å². The molecule has 4 heteroatoms. The highest BCUT2D eigenvalue weighted by Gasteiger charge is 2.35. The number of carbonyl (C=O) groups excluding carboxylic acids is 1. The Morgan fingerprint density at radius 3 is 2.60 bits per heavy atom. The minimum absolute atomic E-state index is 0.0402. The fourth-order valence-electron chi connectivity index (χ4n) is 3.48. The Kier molecular flexibility index (Phi) is 7.57. The van der Waals surface area contributed by atoms with E-state index in [1.54, 1.807) is 0 Å². The van der Waals surface area contributed by atoms with Gasteiger partial charge in [0.05, 0.1) is 6.61 Å². The zero-order chi connectivity index (χ0) is 18.4. The van der Waals surface area contributed by atoms with Crippen molar-refractivity contribution in [3.63, 3.8) is 0 Å². The molecular formula is C21H30O3S. The molecule has 0 saturated heterocycles. The number of thioether (sulfide) groups is 1. The van der Waals surface area contributed by atoms with Crippen molar-refractivity contribution < 1.29 is 14.6 Å². The van der Waals surface area contributed by atoms with E-state index in [-0.39, 0.29) is 18.7 Å². The number of ether oxygens (including phenoxy) is 1. The van der Waals surface area contributed by atoms with Crippen molar-refractivity contribution in [2.24, 2.45) is 17.8 Å². The van der Waals surface area contributed by atoms with Gasteiger partial charge in [-0.05, 0) is 48.3 Å². The van der Waals surface area contributed by atoms with Crippen LogP contribution in [0.4, 0.5) is 0 Å². The lowest BCUT2D eigenvalue weighted by atomic mass is 9.75. The molecule has 138 valence electrons. The lowest BCUT2D eigenvalue weighted by Gasteiger charge is -2.37. The Labute approximate surface area is 155 Å². The van der Waals surface area contributed by atoms with Crippen LogP contribution in [0.3, 0.4) is 0 Å². The van der Waals surface area contributed by atoms with E-state index in [2.05, 4.69) is 27.4 Å². The highest BCUT2D eigenvalue weighted by Crippen LogP contribution is 2.37. The van der Waals surface area contributed by atoms with E-state index < -0.39 is 5.25 Å². The number of benzene rings is 1. The van der Waals surface area contributed by atoms with Gasteiger partial charge in [0.15, 0.2) is 0 Å². The van der Waals surface area contributed by atoms with Crippen molar-refractivity contribution in [3.8, 4) is 0 Å². The van der Waals surface area contributed by atoms with Crippen LogP contribution in [-0.4, -0.2) is 29.0 Å². The van der Waals surface area contributed by atoms with Crippen LogP contribution in [0.15, 0.2) is 47.4 Å². The normalized spacial score (nSPS) is 24.8. The molecular weight excluding hydrogens is 332 g/mol. The van der Waals surface area contributed by atoms with E-state index in [1.807, 2.05) is 30.3 Å². The summed E-state index contributed by atoms with van der Waals surface area (Å²) in [5, 5.41) is 8.93. The van der Waals surface area contributed by atoms with E-state index in [0.717, 1.165) is 17.7 Å². The highest BCUT2D eigenvalue weighted by atomic mass is 32.2. The van der Waals surface area contributed by atoms with Gasteiger partial charge < -0.3 is 9.84 Å². The molecule has 1 aromatic carbocycles. The summed E-state index contributed by atoms with van der Waals surface area (Å²) in [4.78, 5) is 13.8. The fourth-order valence-corrected chi connectivity index (χ4v) is 4.46. The predicted molar refractivity (Wildman–Crippen MR) is 104 cm³/mol. The van der Waals surface area contributed by atoms with Crippen LogP contribution < -0.4 is 0 Å². The third-order valence-corrected chi connectivity index (χ3v) is 6.32. The molecule has 1 fully saturated rings. The van der Waals surface area contributed by atoms with Gasteiger partial charge in [-0.3, -0.25) is 4.79 Å². The van der Waals surface area contributed by atoms with E-state index in [4.69, 9.17) is 4.74 Å². The number of hydrogen-bond acceptors (Lipinski definition) is 4. The maximum Gasteiger partial charge on any atom is 0.324 e. The summed E-state index contributed by atoms with van der Waals surface area (Å²) in [5.74, 6) is 1.20. The van der Waals surface area contributed by atoms with Gasteiger partial charge in [0.25, 0.3) is 0 Å². The van der Waals surface area contributed by atoms with Crippen LogP contribution in [-0.2, 0) is 9.53 Å². The van der Waals surface area contributed by atoms with Crippen molar-refractivity contribution >= 4 is 17.7 Å². The topological polar surface area (TPSA) is 46.5 Å². The maximum absolute atomic E-state index is 12.9. The van der Waals surface area contributed by atoms with Gasteiger partial charge >= 0.3 is 5.97 Å². The smallest absolute Gasteiger partial charge is 0.324 e. The molecule has 1 N–H and O–H groups in total. The van der Waals surface area contributed by atoms with Gasteiger partial charge in [0.1, 0.15) is 11.4 Å². The van der Waals surface area contributed by atoms with Gasteiger partial charge in [-0.1, -0.05) is 52.0 Å². The van der Waals surface area contributed by atoms with E-state index in [1.165, 1.54) is 18.2 Å². The molecule has 0 amide bonds. The van der Waals surface area contributed by atoms with Gasteiger partial charge in [0.2, 0.25) is 0 Å². The maximum atomic E-state index is 12.9. The minimum Gasteiger partial charge on any atom is -0.461 e. The summed E-state index contributed by atoms with van der Waals surface area (Å²) in [6, 6.07) is 9.72. The summed E-state index contributed by atoms with van der Waals surface area (Å²) in [6.07, 6.45) is 3.18. The van der Waals surface area contributed by atoms with E-state index >= 15 is 0 Å². The van der Waals surface area contributed by atoms with Gasteiger partial charge in [-0.15, -0.1) is 11.8 Å². The van der Waals surface area contributed by atoms with E-state index in [0.29, 0.717) is 23.3 Å². The molecule has 1 saturated carbocycles. The first-order chi connectivity index (χ1) is 11.9. The fraction of sp³-hybridized carbons (Fsp3) is 0.571. The molecule has 1 aliphatic carbocycles. The number of carbonyl (C=O) groups is 1. The van der Waals surface area contributed by atoms with Crippen LogP contribution in [0.2, 0.25) is 0 Å². The molecule has 1 unspecified atom stereocenters. The van der Waals surface area contributed by atoms with Crippen LogP contribution in [0.1, 0.15) is 40.0 Å². The average Bonchev–Trinajstić information content (AvgIpc) is 2.59. The third-order valence-electron chi connectivity index (χ3n) is 5.01. The van der Waals surface area contributed by atoms with Crippen LogP contribution in [0.5, 0.6) is 0 Å². The first kappa shape index (κ1) is 20.1. The molecule has 3 nitrogen and oxygen atoms in total. The number of esters is 1. The summed E-state index contributed by atoms with van der Waals surface area (Å²) < 4.78 is 5.96. The average molecular weight is 363 g/mol.